The van der Waals surface area contributed by atoms with Crippen LogP contribution in [0.25, 0.3) is 6.08 Å². The Labute approximate surface area is 215 Å². The molecule has 1 aliphatic heterocycles. The van der Waals surface area contributed by atoms with Gasteiger partial charge in [-0.15, -0.1) is 0 Å². The zero-order valence-electron chi connectivity index (χ0n) is 19.7. The monoisotopic (exact) mass is 504 g/mol. The molecule has 35 heavy (non-hydrogen) atoms. The van der Waals surface area contributed by atoms with Crippen molar-refractivity contribution in [1.29, 1.82) is 0 Å². The van der Waals surface area contributed by atoms with E-state index in [9.17, 15) is 9.59 Å². The molecule has 2 aromatic rings. The number of nitrogens with zero attached hydrogens (tertiary/aromatic N) is 1. The zero-order chi connectivity index (χ0) is 24.2. The second kappa shape index (κ2) is 8.79. The Kier molecular flexibility index (Phi) is 5.72. The van der Waals surface area contributed by atoms with Crippen LogP contribution in [-0.4, -0.2) is 28.3 Å². The van der Waals surface area contributed by atoms with Gasteiger partial charge in [0.1, 0.15) is 5.75 Å². The molecular weight excluding hydrogens is 476 g/mol. The lowest BCUT2D eigenvalue weighted by atomic mass is 9.48. The van der Waals surface area contributed by atoms with Crippen LogP contribution in [0.3, 0.4) is 0 Å². The molecule has 5 fully saturated rings. The van der Waals surface area contributed by atoms with Gasteiger partial charge in [-0.05, 0) is 110 Å². The van der Waals surface area contributed by atoms with Crippen LogP contribution in [0, 0.1) is 17.8 Å². The smallest absolute Gasteiger partial charge is 0.285 e. The van der Waals surface area contributed by atoms with E-state index in [1.165, 1.54) is 55.9 Å². The summed E-state index contributed by atoms with van der Waals surface area (Å²) in [5.41, 5.74) is 5.63. The Morgan fingerprint density at radius 1 is 1.09 bits per heavy atom. The topological polar surface area (TPSA) is 58.6 Å². The van der Waals surface area contributed by atoms with Crippen molar-refractivity contribution >= 4 is 46.2 Å². The maximum absolute atomic E-state index is 13.2. The molecule has 0 unspecified atom stereocenters. The van der Waals surface area contributed by atoms with Gasteiger partial charge < -0.3 is 4.74 Å². The van der Waals surface area contributed by atoms with Crippen LogP contribution in [-0.2, 0) is 10.2 Å². The molecule has 2 aromatic carbocycles. The molecule has 0 radical (unpaired) electrons. The van der Waals surface area contributed by atoms with Gasteiger partial charge in [-0.3, -0.25) is 15.0 Å². The first-order valence-corrected chi connectivity index (χ1v) is 13.5. The maximum Gasteiger partial charge on any atom is 0.285 e. The normalized spacial score (nSPS) is 30.3. The van der Waals surface area contributed by atoms with Gasteiger partial charge in [0.05, 0.1) is 12.0 Å². The summed E-state index contributed by atoms with van der Waals surface area (Å²) in [7, 11) is 1.66. The van der Waals surface area contributed by atoms with Gasteiger partial charge in [0.15, 0.2) is 4.32 Å². The third kappa shape index (κ3) is 4.08. The van der Waals surface area contributed by atoms with Crippen molar-refractivity contribution in [3.63, 3.8) is 0 Å². The fourth-order valence-electron chi connectivity index (χ4n) is 7.10. The number of carbonyl (C=O) groups excluding carboxylic acids is 2. The fraction of sp³-hybridized carbons (Fsp3) is 0.393. The molecule has 2 amide bonds. The number of nitrogens with one attached hydrogen (secondary N) is 1. The molecule has 4 bridgehead atoms. The van der Waals surface area contributed by atoms with E-state index in [1.807, 2.05) is 18.2 Å². The van der Waals surface area contributed by atoms with Crippen LogP contribution >= 0.6 is 24.0 Å². The lowest BCUT2D eigenvalue weighted by molar-refractivity contribution is -0.123. The second-order valence-corrected chi connectivity index (χ2v) is 12.2. The first-order chi connectivity index (χ1) is 16.9. The van der Waals surface area contributed by atoms with Gasteiger partial charge in [0.2, 0.25) is 0 Å². The number of ether oxygens (including phenoxy) is 1. The Hall–Kier alpha value is -2.64. The average Bonchev–Trinajstić information content (AvgIpc) is 3.11. The lowest BCUT2D eigenvalue weighted by Crippen LogP contribution is -2.48. The molecular formula is C28H28N2O3S2. The largest absolute Gasteiger partial charge is 0.496 e. The molecule has 5 nitrogen and oxygen atoms in total. The highest BCUT2D eigenvalue weighted by molar-refractivity contribution is 8.26. The lowest BCUT2D eigenvalue weighted by Gasteiger charge is -2.57. The van der Waals surface area contributed by atoms with Crippen molar-refractivity contribution < 1.29 is 14.3 Å². The first-order valence-electron chi connectivity index (χ1n) is 12.3. The number of methoxy groups -OCH3 is 1. The summed E-state index contributed by atoms with van der Waals surface area (Å²) in [6.07, 6.45) is 9.89. The van der Waals surface area contributed by atoms with Gasteiger partial charge in [0, 0.05) is 11.1 Å². The van der Waals surface area contributed by atoms with Gasteiger partial charge in [-0.2, -0.15) is 5.01 Å². The van der Waals surface area contributed by atoms with Gasteiger partial charge >= 0.3 is 0 Å². The fourth-order valence-corrected chi connectivity index (χ4v) is 8.27. The van der Waals surface area contributed by atoms with E-state index in [1.54, 1.807) is 31.4 Å². The summed E-state index contributed by atoms with van der Waals surface area (Å²) in [6, 6.07) is 15.3. The van der Waals surface area contributed by atoms with Crippen molar-refractivity contribution in [3.8, 4) is 5.75 Å². The third-order valence-corrected chi connectivity index (χ3v) is 9.51. The highest BCUT2D eigenvalue weighted by Crippen LogP contribution is 2.61. The van der Waals surface area contributed by atoms with E-state index in [0.29, 0.717) is 14.8 Å². The number of rotatable bonds is 5. The van der Waals surface area contributed by atoms with Crippen LogP contribution in [0.15, 0.2) is 53.4 Å². The van der Waals surface area contributed by atoms with Crippen molar-refractivity contribution in [2.45, 2.75) is 43.9 Å². The Morgan fingerprint density at radius 2 is 1.74 bits per heavy atom. The molecule has 1 heterocycles. The summed E-state index contributed by atoms with van der Waals surface area (Å²) in [5.74, 6) is 2.61. The maximum atomic E-state index is 13.2. The predicted octanol–water partition coefficient (Wildman–Crippen LogP) is 5.71. The second-order valence-electron chi connectivity index (χ2n) is 10.5. The van der Waals surface area contributed by atoms with Crippen molar-refractivity contribution in [3.05, 3.63) is 70.1 Å². The number of hydrogen-bond acceptors (Lipinski definition) is 5. The molecule has 4 saturated carbocycles. The number of thioether (sulfide) groups is 1. The Morgan fingerprint density at radius 3 is 2.37 bits per heavy atom. The summed E-state index contributed by atoms with van der Waals surface area (Å²) in [5, 5.41) is 1.16. The molecule has 180 valence electrons. The zero-order valence-corrected chi connectivity index (χ0v) is 21.3. The highest BCUT2D eigenvalue weighted by atomic mass is 32.2. The van der Waals surface area contributed by atoms with E-state index < -0.39 is 0 Å². The van der Waals surface area contributed by atoms with Crippen LogP contribution in [0.2, 0.25) is 0 Å². The van der Waals surface area contributed by atoms with Crippen molar-refractivity contribution in [2.24, 2.45) is 17.8 Å². The SMILES string of the molecule is COc1ccc(C23CC4CC(CC(C4)C2)C3)cc1/C=C1/SC(=S)N(NC(=O)c2ccccc2)C1=O. The molecule has 4 aliphatic carbocycles. The summed E-state index contributed by atoms with van der Waals surface area (Å²) >= 11 is 6.62. The minimum atomic E-state index is -0.371. The molecule has 0 spiro atoms. The van der Waals surface area contributed by atoms with Gasteiger partial charge in [0.25, 0.3) is 11.8 Å². The van der Waals surface area contributed by atoms with Crippen LogP contribution in [0.1, 0.15) is 60.0 Å². The molecule has 5 aliphatic rings. The van der Waals surface area contributed by atoms with Crippen molar-refractivity contribution in [1.82, 2.24) is 10.4 Å². The number of carbonyl (C=O) groups is 2. The molecule has 7 heteroatoms. The number of benzene rings is 2. The minimum Gasteiger partial charge on any atom is -0.496 e. The molecule has 0 atom stereocenters. The highest BCUT2D eigenvalue weighted by Gasteiger charge is 2.51. The van der Waals surface area contributed by atoms with E-state index in [-0.39, 0.29) is 17.2 Å². The summed E-state index contributed by atoms with van der Waals surface area (Å²) in [6.45, 7) is 0. The Bertz CT molecular complexity index is 1200. The summed E-state index contributed by atoms with van der Waals surface area (Å²) < 4.78 is 5.97. The standard InChI is InChI=1S/C28H28N2O3S2/c1-33-23-8-7-22(28-14-17-9-18(15-28)11-19(10-17)16-28)12-21(23)13-24-26(32)30(27(34)35-24)29-25(31)20-5-3-2-4-6-20/h2-8,12-13,17-19H,9-11,14-16H2,1H3,(H,29,31)/b24-13+. The molecule has 1 saturated heterocycles. The molecule has 0 aromatic heterocycles. The van der Waals surface area contributed by atoms with E-state index >= 15 is 0 Å². The summed E-state index contributed by atoms with van der Waals surface area (Å²) in [4.78, 5) is 26.3. The van der Waals surface area contributed by atoms with E-state index in [0.717, 1.165) is 34.1 Å². The third-order valence-electron chi connectivity index (χ3n) is 8.21. The van der Waals surface area contributed by atoms with Crippen LogP contribution in [0.5, 0.6) is 5.75 Å². The number of hydrogen-bond donors (Lipinski definition) is 1. The molecule has 7 rings (SSSR count). The van der Waals surface area contributed by atoms with Crippen LogP contribution in [0.4, 0.5) is 0 Å². The van der Waals surface area contributed by atoms with E-state index in [4.69, 9.17) is 17.0 Å². The van der Waals surface area contributed by atoms with Crippen molar-refractivity contribution in [2.75, 3.05) is 7.11 Å². The Balaban J connectivity index is 1.28. The predicted molar refractivity (Wildman–Crippen MR) is 142 cm³/mol. The molecule has 1 N–H and O–H groups in total. The number of hydrazine groups is 1. The first kappa shape index (κ1) is 22.8. The minimum absolute atomic E-state index is 0.256. The number of thiocarbonyl (C=S) groups is 1. The quantitative estimate of drug-likeness (QED) is 0.418. The van der Waals surface area contributed by atoms with Gasteiger partial charge in [-0.1, -0.05) is 36.0 Å². The average molecular weight is 505 g/mol. The van der Waals surface area contributed by atoms with Gasteiger partial charge in [-0.25, -0.2) is 0 Å². The number of amides is 2. The van der Waals surface area contributed by atoms with Crippen LogP contribution < -0.4 is 10.2 Å². The van der Waals surface area contributed by atoms with E-state index in [2.05, 4.69) is 17.6 Å².